The molecule has 0 spiro atoms. The highest BCUT2D eigenvalue weighted by Gasteiger charge is 2.22. The quantitative estimate of drug-likeness (QED) is 0.367. The molecule has 0 fully saturated rings. The maximum atomic E-state index is 12.9. The van der Waals surface area contributed by atoms with Gasteiger partial charge in [-0.3, -0.25) is 0 Å². The topological polar surface area (TPSA) is 104 Å². The predicted molar refractivity (Wildman–Crippen MR) is 135 cm³/mol. The fraction of sp³-hybridized carbons (Fsp3) is 0.240. The van der Waals surface area contributed by atoms with E-state index in [4.69, 9.17) is 16.7 Å². The van der Waals surface area contributed by atoms with Gasteiger partial charge < -0.3 is 15.5 Å². The highest BCUT2D eigenvalue weighted by Crippen LogP contribution is 2.24. The summed E-state index contributed by atoms with van der Waals surface area (Å²) in [6.07, 6.45) is -0.110. The Hall–Kier alpha value is -2.42. The molecule has 3 rings (SSSR count). The molecule has 182 valence electrons. The largest absolute Gasteiger partial charge is 0.478 e. The smallest absolute Gasteiger partial charge is 0.335 e. The van der Waals surface area contributed by atoms with Gasteiger partial charge in [0.25, 0.3) is 0 Å². The van der Waals surface area contributed by atoms with Crippen LogP contribution in [0.2, 0.25) is 5.02 Å². The van der Waals surface area contributed by atoms with Gasteiger partial charge >= 0.3 is 5.97 Å². The van der Waals surface area contributed by atoms with E-state index in [2.05, 4.69) is 5.32 Å². The molecule has 0 amide bonds. The molecule has 0 saturated heterocycles. The molecule has 0 bridgehead atoms. The third-order valence-corrected chi connectivity index (χ3v) is 7.28. The number of hydrogen-bond acceptors (Lipinski definition) is 5. The lowest BCUT2D eigenvalue weighted by molar-refractivity contribution is 0.0696. The molecule has 0 heterocycles. The highest BCUT2D eigenvalue weighted by molar-refractivity contribution is 7.91. The number of nitrogens with one attached hydrogen (secondary N) is 1. The second-order valence-corrected chi connectivity index (χ2v) is 10.9. The van der Waals surface area contributed by atoms with Crippen molar-refractivity contribution >= 4 is 39.8 Å². The van der Waals surface area contributed by atoms with Crippen LogP contribution in [-0.4, -0.2) is 36.7 Å². The molecular weight excluding hydrogens is 497 g/mol. The minimum Gasteiger partial charge on any atom is -0.478 e. The molecular formula is C25H27Cl2NO5S. The van der Waals surface area contributed by atoms with Gasteiger partial charge in [0.05, 0.1) is 21.5 Å². The Morgan fingerprint density at radius 1 is 1.00 bits per heavy atom. The second-order valence-electron chi connectivity index (χ2n) is 8.49. The summed E-state index contributed by atoms with van der Waals surface area (Å²) < 4.78 is 25.8. The van der Waals surface area contributed by atoms with Crippen LogP contribution in [0.4, 0.5) is 0 Å². The summed E-state index contributed by atoms with van der Waals surface area (Å²) in [6.45, 7) is 4.33. The lowest BCUT2D eigenvalue weighted by Gasteiger charge is -2.28. The van der Waals surface area contributed by atoms with Crippen molar-refractivity contribution in [2.24, 2.45) is 0 Å². The van der Waals surface area contributed by atoms with E-state index in [0.29, 0.717) is 18.0 Å². The van der Waals surface area contributed by atoms with Gasteiger partial charge in [0.1, 0.15) is 0 Å². The molecule has 1 atom stereocenters. The summed E-state index contributed by atoms with van der Waals surface area (Å²) in [4.78, 5) is 11.2. The maximum Gasteiger partial charge on any atom is 0.335 e. The molecule has 0 saturated carbocycles. The normalized spacial score (nSPS) is 12.6. The highest BCUT2D eigenvalue weighted by atomic mass is 35.5. The average molecular weight is 524 g/mol. The fourth-order valence-electron chi connectivity index (χ4n) is 3.50. The Morgan fingerprint density at radius 2 is 1.65 bits per heavy atom. The Bertz CT molecular complexity index is 1240. The summed E-state index contributed by atoms with van der Waals surface area (Å²) >= 11 is 5.99. The van der Waals surface area contributed by atoms with Crippen LogP contribution in [0.3, 0.4) is 0 Å². The maximum absolute atomic E-state index is 12.9. The Kier molecular flexibility index (Phi) is 9.28. The van der Waals surface area contributed by atoms with E-state index in [1.54, 1.807) is 30.3 Å². The molecule has 3 aromatic rings. The number of β-amino-alcohol motifs (C(OH)–C–C–N with tert-alkyl or cyclic N) is 1. The van der Waals surface area contributed by atoms with Crippen molar-refractivity contribution in [1.82, 2.24) is 5.32 Å². The van der Waals surface area contributed by atoms with Crippen LogP contribution in [-0.2, 0) is 16.3 Å². The van der Waals surface area contributed by atoms with Gasteiger partial charge in [0, 0.05) is 17.1 Å². The van der Waals surface area contributed by atoms with Gasteiger partial charge in [-0.05, 0) is 73.9 Å². The van der Waals surface area contributed by atoms with Crippen molar-refractivity contribution in [3.63, 3.8) is 0 Å². The molecule has 3 aromatic carbocycles. The number of carbonyl (C=O) groups is 1. The van der Waals surface area contributed by atoms with E-state index >= 15 is 0 Å². The molecule has 0 aliphatic rings. The minimum absolute atomic E-state index is 0. The number of aromatic carboxylic acids is 1. The monoisotopic (exact) mass is 523 g/mol. The van der Waals surface area contributed by atoms with Crippen molar-refractivity contribution in [3.05, 3.63) is 94.5 Å². The number of aliphatic hydroxyl groups is 1. The Labute approximate surface area is 210 Å². The Morgan fingerprint density at radius 3 is 2.26 bits per heavy atom. The van der Waals surface area contributed by atoms with Gasteiger partial charge in [-0.15, -0.1) is 12.4 Å². The molecule has 3 N–H and O–H groups in total. The number of hydrogen-bond donors (Lipinski definition) is 3. The van der Waals surface area contributed by atoms with Crippen LogP contribution in [0, 0.1) is 0 Å². The lowest BCUT2D eigenvalue weighted by atomic mass is 9.94. The number of halogens is 2. The number of benzene rings is 3. The number of carboxylic acid groups (broad SMARTS) is 1. The van der Waals surface area contributed by atoms with Crippen LogP contribution in [0.25, 0.3) is 0 Å². The van der Waals surface area contributed by atoms with Crippen LogP contribution in [0.15, 0.2) is 82.6 Å². The molecule has 6 nitrogen and oxygen atoms in total. The summed E-state index contributed by atoms with van der Waals surface area (Å²) in [7, 11) is -3.83. The van der Waals surface area contributed by atoms with Crippen LogP contribution >= 0.6 is 24.0 Å². The van der Waals surface area contributed by atoms with E-state index in [-0.39, 0.29) is 33.3 Å². The van der Waals surface area contributed by atoms with Gasteiger partial charge in [-0.25, -0.2) is 13.2 Å². The average Bonchev–Trinajstić information content (AvgIpc) is 2.77. The van der Waals surface area contributed by atoms with Crippen molar-refractivity contribution < 1.29 is 23.4 Å². The minimum atomic E-state index is -3.83. The molecule has 0 radical (unpaired) electrons. The predicted octanol–water partition coefficient (Wildman–Crippen LogP) is 4.94. The van der Waals surface area contributed by atoms with E-state index in [9.17, 15) is 18.3 Å². The summed E-state index contributed by atoms with van der Waals surface area (Å²) in [6, 6.07) is 18.9. The van der Waals surface area contributed by atoms with Crippen molar-refractivity contribution in [2.45, 2.75) is 41.7 Å². The molecule has 0 aliphatic carbocycles. The van der Waals surface area contributed by atoms with Crippen molar-refractivity contribution in [2.75, 3.05) is 6.54 Å². The zero-order valence-corrected chi connectivity index (χ0v) is 21.1. The first kappa shape index (κ1) is 27.8. The number of aliphatic hydroxyl groups excluding tert-OH is 1. The van der Waals surface area contributed by atoms with Gasteiger partial charge in [0.15, 0.2) is 0 Å². The molecule has 0 aromatic heterocycles. The third kappa shape index (κ3) is 7.04. The first-order valence-electron chi connectivity index (χ1n) is 10.3. The Balaban J connectivity index is 0.00000408. The SMILES string of the molecule is CC(C)(Cc1ccc(S(=O)(=O)c2cccc(C(=O)O)c2)cc1)NC[C@H](O)c1cccc(Cl)c1.Cl. The zero-order chi connectivity index (χ0) is 24.2. The third-order valence-electron chi connectivity index (χ3n) is 5.28. The van der Waals surface area contributed by atoms with Crippen LogP contribution in [0.1, 0.15) is 41.4 Å². The van der Waals surface area contributed by atoms with E-state index in [1.165, 1.54) is 30.3 Å². The van der Waals surface area contributed by atoms with Crippen molar-refractivity contribution in [3.8, 4) is 0 Å². The number of rotatable bonds is 9. The zero-order valence-electron chi connectivity index (χ0n) is 18.7. The number of sulfone groups is 1. The van der Waals surface area contributed by atoms with Gasteiger partial charge in [-0.2, -0.15) is 0 Å². The fourth-order valence-corrected chi connectivity index (χ4v) is 5.00. The lowest BCUT2D eigenvalue weighted by Crippen LogP contribution is -2.43. The molecule has 0 aliphatic heterocycles. The van der Waals surface area contributed by atoms with Gasteiger partial charge in [0.2, 0.25) is 9.84 Å². The standard InChI is InChI=1S/C25H26ClNO5S.ClH/c1-25(2,27-16-23(28)18-5-3-7-20(26)13-18)15-17-9-11-21(12-10-17)33(31,32)22-8-4-6-19(14-22)24(29)30;/h3-14,23,27-28H,15-16H2,1-2H3,(H,29,30);1H/t23-;/m0./s1. The summed E-state index contributed by atoms with van der Waals surface area (Å²) in [5, 5.41) is 23.5. The summed E-state index contributed by atoms with van der Waals surface area (Å²) in [5.41, 5.74) is 1.20. The molecule has 9 heteroatoms. The van der Waals surface area contributed by atoms with Crippen LogP contribution < -0.4 is 5.32 Å². The van der Waals surface area contributed by atoms with E-state index in [0.717, 1.165) is 17.2 Å². The first-order chi connectivity index (χ1) is 15.5. The summed E-state index contributed by atoms with van der Waals surface area (Å²) in [5.74, 6) is -1.18. The molecule has 34 heavy (non-hydrogen) atoms. The number of carboxylic acids is 1. The van der Waals surface area contributed by atoms with E-state index in [1.807, 2.05) is 19.9 Å². The van der Waals surface area contributed by atoms with Crippen LogP contribution in [0.5, 0.6) is 0 Å². The van der Waals surface area contributed by atoms with Gasteiger partial charge in [-0.1, -0.05) is 41.9 Å². The second kappa shape index (κ2) is 11.3. The van der Waals surface area contributed by atoms with E-state index < -0.39 is 21.9 Å². The first-order valence-corrected chi connectivity index (χ1v) is 12.2. The molecule has 0 unspecified atom stereocenters. The van der Waals surface area contributed by atoms with Crippen molar-refractivity contribution in [1.29, 1.82) is 0 Å².